The average Bonchev–Trinajstić information content (AvgIpc) is 2.95. The van der Waals surface area contributed by atoms with Crippen molar-refractivity contribution in [3.05, 3.63) is 35.4 Å². The Morgan fingerprint density at radius 3 is 2.44 bits per heavy atom. The topological polar surface area (TPSA) is 101 Å². The Balaban J connectivity index is 2.15. The van der Waals surface area contributed by atoms with Crippen molar-refractivity contribution in [2.45, 2.75) is 45.0 Å². The van der Waals surface area contributed by atoms with Gasteiger partial charge in [0, 0.05) is 11.5 Å². The predicted octanol–water partition coefficient (Wildman–Crippen LogP) is 2.87. The lowest BCUT2D eigenvalue weighted by molar-refractivity contribution is -0.123. The molecule has 0 spiro atoms. The first-order valence-corrected chi connectivity index (χ1v) is 10.0. The third-order valence-corrected chi connectivity index (χ3v) is 6.27. The van der Waals surface area contributed by atoms with Gasteiger partial charge in [0.25, 0.3) is 10.0 Å². The number of carbonyl (C=O) groups excluding carboxylic acids is 1. The summed E-state index contributed by atoms with van der Waals surface area (Å²) in [5.74, 6) is -0.256. The summed E-state index contributed by atoms with van der Waals surface area (Å²) in [6.07, 6.45) is 0. The Morgan fingerprint density at radius 2 is 1.84 bits per heavy atom. The summed E-state index contributed by atoms with van der Waals surface area (Å²) in [7, 11) is -3.83. The van der Waals surface area contributed by atoms with E-state index in [1.165, 1.54) is 0 Å². The molecule has 2 rings (SSSR count). The van der Waals surface area contributed by atoms with Gasteiger partial charge in [-0.15, -0.1) is 10.2 Å². The number of aromatic nitrogens is 2. The maximum absolute atomic E-state index is 12.5. The number of rotatable bonds is 5. The van der Waals surface area contributed by atoms with Gasteiger partial charge in [-0.25, -0.2) is 13.1 Å². The number of anilines is 1. The molecule has 0 aliphatic rings. The van der Waals surface area contributed by atoms with Gasteiger partial charge < -0.3 is 5.32 Å². The first-order chi connectivity index (χ1) is 11.5. The maximum Gasteiger partial charge on any atom is 0.270 e. The molecule has 0 bridgehead atoms. The first kappa shape index (κ1) is 19.5. The second-order valence-corrected chi connectivity index (χ2v) is 9.64. The Labute approximate surface area is 151 Å². The summed E-state index contributed by atoms with van der Waals surface area (Å²) in [5, 5.41) is 10.2. The number of nitrogens with zero attached hydrogens (tertiary/aromatic N) is 2. The summed E-state index contributed by atoms with van der Waals surface area (Å²) in [4.78, 5) is 12.0. The molecular formula is C16H22N4O3S2. The monoisotopic (exact) mass is 382 g/mol. The van der Waals surface area contributed by atoms with E-state index < -0.39 is 21.5 Å². The molecular weight excluding hydrogens is 360 g/mol. The van der Waals surface area contributed by atoms with E-state index in [0.29, 0.717) is 0 Å². The zero-order chi connectivity index (χ0) is 18.8. The molecule has 136 valence electrons. The molecule has 1 heterocycles. The van der Waals surface area contributed by atoms with Crippen LogP contribution in [0.4, 0.5) is 5.13 Å². The number of amides is 1. The second-order valence-electron chi connectivity index (χ2n) is 6.78. The lowest BCUT2D eigenvalue weighted by atomic mass is 9.96. The fourth-order valence-electron chi connectivity index (χ4n) is 2.07. The summed E-state index contributed by atoms with van der Waals surface area (Å²) < 4.78 is 27.4. The van der Waals surface area contributed by atoms with E-state index >= 15 is 0 Å². The molecule has 0 fully saturated rings. The molecule has 2 aromatic rings. The van der Waals surface area contributed by atoms with Crippen molar-refractivity contribution in [1.29, 1.82) is 0 Å². The number of carbonyl (C=O) groups is 1. The number of sulfonamides is 1. The minimum atomic E-state index is -3.83. The van der Waals surface area contributed by atoms with Gasteiger partial charge in [-0.05, 0) is 25.0 Å². The van der Waals surface area contributed by atoms with E-state index in [-0.39, 0.29) is 15.4 Å². The highest BCUT2D eigenvalue weighted by Gasteiger charge is 2.26. The van der Waals surface area contributed by atoms with Crippen LogP contribution in [0.5, 0.6) is 0 Å². The van der Waals surface area contributed by atoms with Gasteiger partial charge in [0.05, 0.1) is 0 Å². The zero-order valence-corrected chi connectivity index (χ0v) is 16.5. The number of hydrogen-bond donors (Lipinski definition) is 2. The molecule has 1 atom stereocenters. The molecule has 25 heavy (non-hydrogen) atoms. The van der Waals surface area contributed by atoms with Gasteiger partial charge in [0.15, 0.2) is 0 Å². The maximum atomic E-state index is 12.5. The molecule has 7 nitrogen and oxygen atoms in total. The SMILES string of the molecule is Cc1ccccc1[C@H](C)NS(=O)(=O)c1nnc(NC(=O)C(C)(C)C)s1. The molecule has 0 saturated heterocycles. The van der Waals surface area contributed by atoms with Gasteiger partial charge in [0.1, 0.15) is 0 Å². The van der Waals surface area contributed by atoms with Crippen LogP contribution in [0.25, 0.3) is 0 Å². The summed E-state index contributed by atoms with van der Waals surface area (Å²) in [6, 6.07) is 7.14. The van der Waals surface area contributed by atoms with E-state index in [1.807, 2.05) is 31.2 Å². The Kier molecular flexibility index (Phi) is 5.60. The molecule has 9 heteroatoms. The lowest BCUT2D eigenvalue weighted by Gasteiger charge is -2.16. The summed E-state index contributed by atoms with van der Waals surface area (Å²) in [6.45, 7) is 8.96. The highest BCUT2D eigenvalue weighted by Crippen LogP contribution is 2.25. The van der Waals surface area contributed by atoms with Crippen molar-refractivity contribution in [3.8, 4) is 0 Å². The van der Waals surface area contributed by atoms with Crippen molar-refractivity contribution in [3.63, 3.8) is 0 Å². The quantitative estimate of drug-likeness (QED) is 0.774. The molecule has 1 aromatic carbocycles. The van der Waals surface area contributed by atoms with Crippen LogP contribution in [-0.4, -0.2) is 24.5 Å². The van der Waals surface area contributed by atoms with Crippen LogP contribution >= 0.6 is 11.3 Å². The number of aryl methyl sites for hydroxylation is 1. The molecule has 1 aromatic heterocycles. The summed E-state index contributed by atoms with van der Waals surface area (Å²) >= 11 is 0.821. The zero-order valence-electron chi connectivity index (χ0n) is 14.8. The van der Waals surface area contributed by atoms with E-state index in [1.54, 1.807) is 27.7 Å². The number of nitrogens with one attached hydrogen (secondary N) is 2. The van der Waals surface area contributed by atoms with Gasteiger partial charge in [-0.2, -0.15) is 0 Å². The van der Waals surface area contributed by atoms with Crippen molar-refractivity contribution in [2.75, 3.05) is 5.32 Å². The number of hydrogen-bond acceptors (Lipinski definition) is 6. The van der Waals surface area contributed by atoms with Gasteiger partial charge in [-0.1, -0.05) is 56.4 Å². The molecule has 2 N–H and O–H groups in total. The van der Waals surface area contributed by atoms with Crippen molar-refractivity contribution in [1.82, 2.24) is 14.9 Å². The molecule has 0 unspecified atom stereocenters. The fraction of sp³-hybridized carbons (Fsp3) is 0.438. The minimum Gasteiger partial charge on any atom is -0.300 e. The van der Waals surface area contributed by atoms with Crippen LogP contribution in [0.3, 0.4) is 0 Å². The van der Waals surface area contributed by atoms with Crippen LogP contribution in [0.2, 0.25) is 0 Å². The Morgan fingerprint density at radius 1 is 1.20 bits per heavy atom. The van der Waals surface area contributed by atoms with Crippen molar-refractivity contribution in [2.24, 2.45) is 5.41 Å². The van der Waals surface area contributed by atoms with Gasteiger partial charge in [0.2, 0.25) is 15.4 Å². The Bertz CT molecular complexity index is 870. The summed E-state index contributed by atoms with van der Waals surface area (Å²) in [5.41, 5.74) is 1.27. The average molecular weight is 383 g/mol. The van der Waals surface area contributed by atoms with E-state index in [4.69, 9.17) is 0 Å². The molecule has 0 radical (unpaired) electrons. The predicted molar refractivity (Wildman–Crippen MR) is 97.9 cm³/mol. The molecule has 0 saturated carbocycles. The van der Waals surface area contributed by atoms with E-state index in [0.717, 1.165) is 22.5 Å². The van der Waals surface area contributed by atoms with Crippen LogP contribution in [-0.2, 0) is 14.8 Å². The first-order valence-electron chi connectivity index (χ1n) is 7.73. The third-order valence-electron chi connectivity index (χ3n) is 3.52. The Hall–Kier alpha value is -1.84. The van der Waals surface area contributed by atoms with E-state index in [2.05, 4.69) is 20.2 Å². The van der Waals surface area contributed by atoms with Crippen LogP contribution in [0.1, 0.15) is 44.9 Å². The highest BCUT2D eigenvalue weighted by molar-refractivity contribution is 7.91. The van der Waals surface area contributed by atoms with Crippen molar-refractivity contribution >= 4 is 32.4 Å². The molecule has 0 aliphatic heterocycles. The van der Waals surface area contributed by atoms with E-state index in [9.17, 15) is 13.2 Å². The fourth-order valence-corrected chi connectivity index (χ4v) is 4.21. The molecule has 0 aliphatic carbocycles. The van der Waals surface area contributed by atoms with Crippen LogP contribution < -0.4 is 10.0 Å². The van der Waals surface area contributed by atoms with Crippen LogP contribution in [0, 0.1) is 12.3 Å². The van der Waals surface area contributed by atoms with Crippen LogP contribution in [0.15, 0.2) is 28.6 Å². The van der Waals surface area contributed by atoms with Crippen molar-refractivity contribution < 1.29 is 13.2 Å². The smallest absolute Gasteiger partial charge is 0.270 e. The minimum absolute atomic E-state index is 0.156. The van der Waals surface area contributed by atoms with Gasteiger partial charge >= 0.3 is 0 Å². The number of benzene rings is 1. The highest BCUT2D eigenvalue weighted by atomic mass is 32.2. The third kappa shape index (κ3) is 4.83. The lowest BCUT2D eigenvalue weighted by Crippen LogP contribution is -2.27. The second kappa shape index (κ2) is 7.19. The largest absolute Gasteiger partial charge is 0.300 e. The van der Waals surface area contributed by atoms with Gasteiger partial charge in [-0.3, -0.25) is 4.79 Å². The normalized spacial score (nSPS) is 13.5. The standard InChI is InChI=1S/C16H22N4O3S2/c1-10-8-6-7-9-12(10)11(2)20-25(22,23)15-19-18-14(24-15)17-13(21)16(3,4)5/h6-9,11,20H,1-5H3,(H,17,18,21)/t11-/m0/s1. The molecule has 1 amide bonds.